The second kappa shape index (κ2) is 15.9. The minimum atomic E-state index is -4.94. The molecule has 0 aliphatic heterocycles. The second-order valence-electron chi connectivity index (χ2n) is 9.55. The van der Waals surface area contributed by atoms with Gasteiger partial charge in [0.25, 0.3) is 5.91 Å². The van der Waals surface area contributed by atoms with Crippen LogP contribution in [0, 0.1) is 17.2 Å². The third kappa shape index (κ3) is 9.41. The molecule has 0 saturated heterocycles. The molecule has 0 unspecified atom stereocenters. The molecule has 0 aromatic heterocycles. The lowest BCUT2D eigenvalue weighted by atomic mass is 10.1. The van der Waals surface area contributed by atoms with Crippen LogP contribution in [0.1, 0.15) is 15.9 Å². The molecular weight excluding hydrogens is 672 g/mol. The molecule has 1 amide bonds. The van der Waals surface area contributed by atoms with E-state index in [1.54, 1.807) is 0 Å². The average Bonchev–Trinajstić information content (AvgIpc) is 3.03. The van der Waals surface area contributed by atoms with Gasteiger partial charge in [-0.25, -0.2) is 18.6 Å². The predicted octanol–water partition coefficient (Wildman–Crippen LogP) is 3.77. The molecule has 0 spiro atoms. The molecule has 0 heterocycles. The average molecular weight is 699 g/mol. The van der Waals surface area contributed by atoms with Crippen LogP contribution in [0.25, 0.3) is 0 Å². The first-order valence-corrected chi connectivity index (χ1v) is 18.0. The quantitative estimate of drug-likeness (QED) is 0.195. The molecule has 11 heteroatoms. The maximum atomic E-state index is 13.9. The van der Waals surface area contributed by atoms with Crippen LogP contribution in [0.3, 0.4) is 0 Å². The lowest BCUT2D eigenvalue weighted by molar-refractivity contribution is -2.00. The summed E-state index contributed by atoms with van der Waals surface area (Å²) in [6.07, 6.45) is 0. The summed E-state index contributed by atoms with van der Waals surface area (Å²) >= 11 is 14.9. The van der Waals surface area contributed by atoms with Crippen LogP contribution in [0.15, 0.2) is 154 Å². The van der Waals surface area contributed by atoms with Gasteiger partial charge in [-0.1, -0.05) is 107 Å². The molecule has 45 heavy (non-hydrogen) atoms. The third-order valence-electron chi connectivity index (χ3n) is 6.52. The molecule has 6 nitrogen and oxygen atoms in total. The largest absolute Gasteiger partial charge is 0.290 e. The SMILES string of the molecule is Cc1ccc(C(=O)N/C(=C(\Cl)Sc2ccc(Cl)cc2)[P+](c2ccccc2)(c2ccccc2)c2ccccc2)cc1.[O-][Cl+3]([O-])([O-])[O-]. The molecule has 0 bridgehead atoms. The van der Waals surface area contributed by atoms with Gasteiger partial charge in [-0.3, -0.25) is 10.1 Å². The zero-order valence-corrected chi connectivity index (χ0v) is 27.8. The van der Waals surface area contributed by atoms with E-state index in [0.29, 0.717) is 20.4 Å². The van der Waals surface area contributed by atoms with Gasteiger partial charge in [0, 0.05) is 15.5 Å². The summed E-state index contributed by atoms with van der Waals surface area (Å²) in [7, 11) is -7.63. The highest BCUT2D eigenvalue weighted by Gasteiger charge is 2.52. The summed E-state index contributed by atoms with van der Waals surface area (Å²) in [5.74, 6) is -0.211. The number of thioether (sulfide) groups is 1. The van der Waals surface area contributed by atoms with Gasteiger partial charge in [0.15, 0.2) is 7.26 Å². The molecule has 0 aliphatic carbocycles. The van der Waals surface area contributed by atoms with E-state index < -0.39 is 17.5 Å². The molecular formula is C34H27Cl3NO5PS. The zero-order valence-electron chi connectivity index (χ0n) is 23.8. The molecule has 0 fully saturated rings. The van der Waals surface area contributed by atoms with E-state index in [-0.39, 0.29) is 5.91 Å². The lowest BCUT2D eigenvalue weighted by Gasteiger charge is -2.30. The maximum Gasteiger partial charge on any atom is 0.258 e. The highest BCUT2D eigenvalue weighted by molar-refractivity contribution is 8.06. The minimum Gasteiger partial charge on any atom is -0.290 e. The van der Waals surface area contributed by atoms with Crippen LogP contribution in [0.4, 0.5) is 0 Å². The number of aryl methyl sites for hydroxylation is 1. The van der Waals surface area contributed by atoms with Crippen molar-refractivity contribution < 1.29 is 33.7 Å². The van der Waals surface area contributed by atoms with Crippen molar-refractivity contribution in [3.05, 3.63) is 165 Å². The van der Waals surface area contributed by atoms with Crippen molar-refractivity contribution in [3.8, 4) is 0 Å². The number of benzene rings is 5. The Balaban J connectivity index is 0.000000854. The fourth-order valence-electron chi connectivity index (χ4n) is 4.59. The van der Waals surface area contributed by atoms with E-state index in [4.69, 9.17) is 41.8 Å². The Morgan fingerprint density at radius 3 is 1.47 bits per heavy atom. The van der Waals surface area contributed by atoms with Crippen molar-refractivity contribution in [2.24, 2.45) is 0 Å². The van der Waals surface area contributed by atoms with Crippen molar-refractivity contribution >= 4 is 64.0 Å². The molecule has 0 radical (unpaired) electrons. The summed E-state index contributed by atoms with van der Waals surface area (Å²) in [6, 6.07) is 46.1. The molecule has 0 atom stereocenters. The van der Waals surface area contributed by atoms with E-state index in [1.807, 2.05) is 110 Å². The first-order chi connectivity index (χ1) is 21.5. The zero-order chi connectivity index (χ0) is 32.5. The number of carbonyl (C=O) groups excluding carboxylic acids is 1. The van der Waals surface area contributed by atoms with Crippen molar-refractivity contribution in [1.29, 1.82) is 0 Å². The van der Waals surface area contributed by atoms with Gasteiger partial charge in [0.05, 0.1) is 0 Å². The predicted molar refractivity (Wildman–Crippen MR) is 174 cm³/mol. The first kappa shape index (κ1) is 34.7. The number of amides is 1. The smallest absolute Gasteiger partial charge is 0.258 e. The fraction of sp³-hybridized carbons (Fsp3) is 0.0294. The Labute approximate surface area is 279 Å². The second-order valence-corrected chi connectivity index (χ2v) is 15.8. The van der Waals surface area contributed by atoms with Crippen LogP contribution >= 0.6 is 42.2 Å². The fourth-order valence-corrected chi connectivity index (χ4v) is 10.6. The highest BCUT2D eigenvalue weighted by Crippen LogP contribution is 2.64. The maximum absolute atomic E-state index is 13.9. The van der Waals surface area contributed by atoms with Crippen molar-refractivity contribution in [3.63, 3.8) is 0 Å². The van der Waals surface area contributed by atoms with E-state index in [2.05, 4.69) is 41.7 Å². The summed E-state index contributed by atoms with van der Waals surface area (Å²) < 4.78 is 34.5. The lowest BCUT2D eigenvalue weighted by Crippen LogP contribution is -2.68. The third-order valence-corrected chi connectivity index (χ3v) is 12.6. The van der Waals surface area contributed by atoms with Gasteiger partial charge in [0.1, 0.15) is 20.3 Å². The van der Waals surface area contributed by atoms with E-state index in [1.165, 1.54) is 11.8 Å². The standard InChI is InChI=1S/C34H26Cl2NOPS.ClHO4/c1-25-17-19-26(20-18-25)33(38)37-34(32(36)40-31-23-21-27(35)22-24-31)39(28-11-5-2-6-12-28,29-13-7-3-8-14-29)30-15-9-4-10-16-30;2-1(3,4)5/h2-24H,1H3;(H,2,3,4,5)/b34-32-;. The van der Waals surface area contributed by atoms with Gasteiger partial charge >= 0.3 is 0 Å². The summed E-state index contributed by atoms with van der Waals surface area (Å²) in [6.45, 7) is 2.00. The van der Waals surface area contributed by atoms with Crippen LogP contribution in [0.5, 0.6) is 0 Å². The number of hydrogen-bond acceptors (Lipinski definition) is 6. The Morgan fingerprint density at radius 2 is 1.07 bits per heavy atom. The molecule has 0 aliphatic rings. The number of carbonyl (C=O) groups is 1. The Morgan fingerprint density at radius 1 is 0.667 bits per heavy atom. The van der Waals surface area contributed by atoms with Gasteiger partial charge in [-0.15, -0.1) is 10.2 Å². The molecule has 5 rings (SSSR count). The number of nitrogens with one attached hydrogen (secondary N) is 1. The monoisotopic (exact) mass is 697 g/mol. The number of rotatable bonds is 8. The molecule has 1 N–H and O–H groups in total. The molecule has 5 aromatic carbocycles. The number of hydrogen-bond donors (Lipinski definition) is 1. The van der Waals surface area contributed by atoms with Crippen molar-refractivity contribution in [2.45, 2.75) is 11.8 Å². The number of halogens is 3. The van der Waals surface area contributed by atoms with Crippen molar-refractivity contribution in [2.75, 3.05) is 0 Å². The van der Waals surface area contributed by atoms with E-state index in [9.17, 15) is 4.79 Å². The topological polar surface area (TPSA) is 121 Å². The Kier molecular flexibility index (Phi) is 12.2. The van der Waals surface area contributed by atoms with Crippen LogP contribution in [0.2, 0.25) is 5.02 Å². The van der Waals surface area contributed by atoms with Crippen LogP contribution in [-0.2, 0) is 0 Å². The highest BCUT2D eigenvalue weighted by atomic mass is 35.7. The van der Waals surface area contributed by atoms with Crippen molar-refractivity contribution in [1.82, 2.24) is 5.32 Å². The summed E-state index contributed by atoms with van der Waals surface area (Å²) in [5.41, 5.74) is 2.34. The molecule has 5 aromatic rings. The summed E-state index contributed by atoms with van der Waals surface area (Å²) in [4.78, 5) is 14.8. The Hall–Kier alpha value is -3.20. The van der Waals surface area contributed by atoms with E-state index >= 15 is 0 Å². The molecule has 230 valence electrons. The van der Waals surface area contributed by atoms with Gasteiger partial charge in [0.2, 0.25) is 5.44 Å². The van der Waals surface area contributed by atoms with Crippen LogP contribution in [-0.4, -0.2) is 5.91 Å². The summed E-state index contributed by atoms with van der Waals surface area (Å²) in [5, 5.41) is 7.24. The van der Waals surface area contributed by atoms with Gasteiger partial charge < -0.3 is 0 Å². The van der Waals surface area contributed by atoms with Gasteiger partial charge in [-0.2, -0.15) is 0 Å². The molecule has 0 saturated carbocycles. The van der Waals surface area contributed by atoms with Gasteiger partial charge in [-0.05, 0) is 79.7 Å². The Bertz CT molecular complexity index is 1620. The normalized spacial score (nSPS) is 12.0. The van der Waals surface area contributed by atoms with Crippen LogP contribution < -0.4 is 39.9 Å². The van der Waals surface area contributed by atoms with E-state index in [0.717, 1.165) is 26.4 Å². The first-order valence-electron chi connectivity index (χ1n) is 13.4. The minimum absolute atomic E-state index is 0.211.